The van der Waals surface area contributed by atoms with Crippen molar-refractivity contribution in [1.29, 1.82) is 0 Å². The Balaban J connectivity index is 1.31. The van der Waals surface area contributed by atoms with E-state index in [1.807, 2.05) is 0 Å². The molecule has 11 nitrogen and oxygen atoms in total. The van der Waals surface area contributed by atoms with E-state index in [1.165, 1.54) is 53.4 Å². The minimum absolute atomic E-state index is 0.0623. The highest BCUT2D eigenvalue weighted by Crippen LogP contribution is 2.44. The Morgan fingerprint density at radius 2 is 2.02 bits per heavy atom. The molecule has 0 bridgehead atoms. The number of carbonyl (C=O) groups excluding carboxylic acids is 2. The van der Waals surface area contributed by atoms with Gasteiger partial charge in [-0.2, -0.15) is 4.68 Å². The van der Waals surface area contributed by atoms with Crippen molar-refractivity contribution in [1.82, 2.24) is 40.1 Å². The number of anilines is 1. The van der Waals surface area contributed by atoms with Gasteiger partial charge >= 0.3 is 0 Å². The summed E-state index contributed by atoms with van der Waals surface area (Å²) in [6.45, 7) is 3.36. The molecule has 5 heterocycles. The summed E-state index contributed by atoms with van der Waals surface area (Å²) in [5.74, 6) is -1.47. The summed E-state index contributed by atoms with van der Waals surface area (Å²) in [7, 11) is 0. The molecule has 0 spiro atoms. The third-order valence-electron chi connectivity index (χ3n) is 7.52. The molecule has 41 heavy (non-hydrogen) atoms. The zero-order valence-electron chi connectivity index (χ0n) is 22.1. The van der Waals surface area contributed by atoms with E-state index in [2.05, 4.69) is 30.5 Å². The van der Waals surface area contributed by atoms with Crippen molar-refractivity contribution in [3.8, 4) is 16.9 Å². The van der Waals surface area contributed by atoms with Crippen LogP contribution in [-0.4, -0.2) is 64.5 Å². The molecule has 1 unspecified atom stereocenters. The molecule has 0 aliphatic carbocycles. The number of tetrazole rings is 1. The molecule has 210 valence electrons. The number of imidazole rings is 1. The van der Waals surface area contributed by atoms with E-state index in [-0.39, 0.29) is 52.4 Å². The molecule has 6 rings (SSSR count). The van der Waals surface area contributed by atoms with Crippen LogP contribution in [0.15, 0.2) is 43.0 Å². The number of nitrogens with zero attached hydrogens (tertiary/aromatic N) is 8. The molecule has 3 aromatic heterocycles. The van der Waals surface area contributed by atoms with Gasteiger partial charge in [-0.3, -0.25) is 14.5 Å². The standard InChI is InChI=1S/C27H24ClF2N9O2/c1-3-37(14(2)40)27-24(29)17(8-9-31-27)19-12-32-26(34-19)21-6-4-16-10-15(11-22(41)39(16)21)23-20(38-13-33-35-36-38)7-5-18(28)25(23)30/h5,7-9,11-13,16,21H,3-4,6,10H2,1-2H3,(H,32,34)/t16?,21-/m0/s1. The Morgan fingerprint density at radius 1 is 1.20 bits per heavy atom. The lowest BCUT2D eigenvalue weighted by molar-refractivity contribution is -0.129. The average Bonchev–Trinajstić information content (AvgIpc) is 3.72. The minimum atomic E-state index is -0.650. The first-order valence-corrected chi connectivity index (χ1v) is 13.4. The molecule has 4 aromatic rings. The van der Waals surface area contributed by atoms with Crippen LogP contribution >= 0.6 is 11.6 Å². The van der Waals surface area contributed by atoms with Crippen molar-refractivity contribution in [2.24, 2.45) is 0 Å². The molecular weight excluding hydrogens is 556 g/mol. The van der Waals surface area contributed by atoms with Crippen LogP contribution in [0.3, 0.4) is 0 Å². The average molecular weight is 580 g/mol. The summed E-state index contributed by atoms with van der Waals surface area (Å²) < 4.78 is 32.1. The van der Waals surface area contributed by atoms with Gasteiger partial charge in [0.05, 0.1) is 28.6 Å². The maximum absolute atomic E-state index is 15.4. The summed E-state index contributed by atoms with van der Waals surface area (Å²) in [6.07, 6.45) is 7.36. The number of halogens is 3. The van der Waals surface area contributed by atoms with Crippen LogP contribution in [0, 0.1) is 11.6 Å². The van der Waals surface area contributed by atoms with Gasteiger partial charge in [0.15, 0.2) is 17.5 Å². The molecule has 2 aliphatic rings. The van der Waals surface area contributed by atoms with Crippen LogP contribution in [0.1, 0.15) is 50.5 Å². The molecule has 1 saturated heterocycles. The number of benzene rings is 1. The summed E-state index contributed by atoms with van der Waals surface area (Å²) in [5, 5.41) is 11.1. The van der Waals surface area contributed by atoms with E-state index in [0.29, 0.717) is 42.0 Å². The first kappa shape index (κ1) is 26.7. The van der Waals surface area contributed by atoms with Gasteiger partial charge in [-0.15, -0.1) is 5.10 Å². The first-order chi connectivity index (χ1) is 19.8. The number of aromatic nitrogens is 7. The predicted octanol–water partition coefficient (Wildman–Crippen LogP) is 4.27. The highest BCUT2D eigenvalue weighted by atomic mass is 35.5. The number of aromatic amines is 1. The molecular formula is C27H24ClF2N9O2. The molecule has 1 N–H and O–H groups in total. The van der Waals surface area contributed by atoms with Gasteiger partial charge in [0.1, 0.15) is 12.2 Å². The Bertz CT molecular complexity index is 1690. The third kappa shape index (κ3) is 4.55. The van der Waals surface area contributed by atoms with Crippen molar-refractivity contribution in [2.45, 2.75) is 45.2 Å². The van der Waals surface area contributed by atoms with Crippen molar-refractivity contribution in [3.05, 3.63) is 71.0 Å². The van der Waals surface area contributed by atoms with Crippen LogP contribution in [0.2, 0.25) is 5.02 Å². The van der Waals surface area contributed by atoms with Gasteiger partial charge in [-0.05, 0) is 60.4 Å². The number of rotatable bonds is 6. The molecule has 2 aliphatic heterocycles. The molecule has 0 radical (unpaired) electrons. The smallest absolute Gasteiger partial charge is 0.247 e. The fourth-order valence-electron chi connectivity index (χ4n) is 5.70. The van der Waals surface area contributed by atoms with Gasteiger partial charge in [-0.1, -0.05) is 11.6 Å². The van der Waals surface area contributed by atoms with Crippen LogP contribution in [-0.2, 0) is 9.59 Å². The third-order valence-corrected chi connectivity index (χ3v) is 7.82. The monoisotopic (exact) mass is 579 g/mol. The Hall–Kier alpha value is -4.52. The normalized spacial score (nSPS) is 18.4. The van der Waals surface area contributed by atoms with Gasteiger partial charge in [0.2, 0.25) is 11.8 Å². The highest BCUT2D eigenvalue weighted by molar-refractivity contribution is 6.31. The number of fused-ring (bicyclic) bond motifs is 1. The van der Waals surface area contributed by atoms with Crippen molar-refractivity contribution in [3.63, 3.8) is 0 Å². The molecule has 2 atom stereocenters. The summed E-state index contributed by atoms with van der Waals surface area (Å²) in [5.41, 5.74) is 1.66. The van der Waals surface area contributed by atoms with E-state index < -0.39 is 11.6 Å². The second-order valence-electron chi connectivity index (χ2n) is 9.82. The SMILES string of the molecule is CCN(C(C)=O)c1nccc(-c2cnc([C@@H]3CCC4CC(c5c(-n6cnnn6)ccc(Cl)c5F)=CC(=O)N43)[nH]2)c1F. The number of H-pyrrole nitrogens is 1. The summed E-state index contributed by atoms with van der Waals surface area (Å²) in [6, 6.07) is 3.94. The van der Waals surface area contributed by atoms with E-state index in [4.69, 9.17) is 11.6 Å². The van der Waals surface area contributed by atoms with Crippen LogP contribution in [0.5, 0.6) is 0 Å². The topological polar surface area (TPSA) is 126 Å². The number of carbonyl (C=O) groups is 2. The highest BCUT2D eigenvalue weighted by Gasteiger charge is 2.42. The molecule has 1 aromatic carbocycles. The second kappa shape index (κ2) is 10.5. The second-order valence-corrected chi connectivity index (χ2v) is 10.2. The fourth-order valence-corrected chi connectivity index (χ4v) is 5.86. The molecule has 1 fully saturated rings. The largest absolute Gasteiger partial charge is 0.340 e. The fraction of sp³-hybridized carbons (Fsp3) is 0.296. The van der Waals surface area contributed by atoms with Crippen molar-refractivity contribution >= 4 is 34.8 Å². The number of pyridine rings is 1. The lowest BCUT2D eigenvalue weighted by Crippen LogP contribution is -2.39. The number of hydrogen-bond acceptors (Lipinski definition) is 7. The Morgan fingerprint density at radius 3 is 2.76 bits per heavy atom. The molecule has 2 amide bonds. The van der Waals surface area contributed by atoms with E-state index >= 15 is 8.78 Å². The maximum atomic E-state index is 15.4. The first-order valence-electron chi connectivity index (χ1n) is 13.0. The zero-order valence-corrected chi connectivity index (χ0v) is 22.8. The molecule has 0 saturated carbocycles. The summed E-state index contributed by atoms with van der Waals surface area (Å²) >= 11 is 6.11. The van der Waals surface area contributed by atoms with Crippen LogP contribution < -0.4 is 4.90 Å². The lowest BCUT2D eigenvalue weighted by Gasteiger charge is -2.33. The number of nitrogens with one attached hydrogen (secondary N) is 1. The predicted molar refractivity (Wildman–Crippen MR) is 145 cm³/mol. The van der Waals surface area contributed by atoms with E-state index in [0.717, 1.165) is 0 Å². The summed E-state index contributed by atoms with van der Waals surface area (Å²) in [4.78, 5) is 40.1. The van der Waals surface area contributed by atoms with Gasteiger partial charge in [0.25, 0.3) is 0 Å². The van der Waals surface area contributed by atoms with Crippen LogP contribution in [0.25, 0.3) is 22.5 Å². The van der Waals surface area contributed by atoms with Crippen LogP contribution in [0.4, 0.5) is 14.6 Å². The maximum Gasteiger partial charge on any atom is 0.247 e. The number of amides is 2. The van der Waals surface area contributed by atoms with Gasteiger partial charge in [0, 0.05) is 42.9 Å². The Labute approximate surface area is 237 Å². The van der Waals surface area contributed by atoms with Crippen molar-refractivity contribution in [2.75, 3.05) is 11.4 Å². The van der Waals surface area contributed by atoms with E-state index in [9.17, 15) is 9.59 Å². The zero-order chi connectivity index (χ0) is 28.8. The van der Waals surface area contributed by atoms with Crippen molar-refractivity contribution < 1.29 is 18.4 Å². The van der Waals surface area contributed by atoms with Gasteiger partial charge < -0.3 is 9.88 Å². The minimum Gasteiger partial charge on any atom is -0.340 e. The van der Waals surface area contributed by atoms with Gasteiger partial charge in [-0.25, -0.2) is 18.7 Å². The quantitative estimate of drug-likeness (QED) is 0.361. The van der Waals surface area contributed by atoms with E-state index in [1.54, 1.807) is 17.9 Å². The Kier molecular flexibility index (Phi) is 6.81. The number of hydrogen-bond donors (Lipinski definition) is 1. The lowest BCUT2D eigenvalue weighted by atomic mass is 9.92. The molecule has 14 heteroatoms.